The Kier molecular flexibility index (Phi) is 4.99. The van der Waals surface area contributed by atoms with E-state index in [1.807, 2.05) is 6.07 Å². The van der Waals surface area contributed by atoms with Crippen molar-refractivity contribution in [2.75, 3.05) is 0 Å². The quantitative estimate of drug-likeness (QED) is 0.390. The lowest BCUT2D eigenvalue weighted by atomic mass is 10.0. The zero-order chi connectivity index (χ0) is 20.2. The van der Waals surface area contributed by atoms with Gasteiger partial charge in [0.2, 0.25) is 0 Å². The number of esters is 1. The third-order valence-corrected chi connectivity index (χ3v) is 4.39. The summed E-state index contributed by atoms with van der Waals surface area (Å²) in [6.07, 6.45) is 1.62. The lowest BCUT2D eigenvalue weighted by molar-refractivity contribution is 0.0467. The minimum absolute atomic E-state index is 0.119. The van der Waals surface area contributed by atoms with Crippen molar-refractivity contribution in [1.82, 2.24) is 9.38 Å². The molecule has 0 N–H and O–H groups in total. The first-order valence-corrected chi connectivity index (χ1v) is 8.96. The Balaban J connectivity index is 1.45. The van der Waals surface area contributed by atoms with E-state index in [1.165, 1.54) is 10.5 Å². The van der Waals surface area contributed by atoms with Gasteiger partial charge in [0.25, 0.3) is 5.56 Å². The number of hydrogen-bond donors (Lipinski definition) is 0. The number of carbonyl (C=O) groups is 2. The predicted octanol–water partition coefficient (Wildman–Crippen LogP) is 3.28. The fourth-order valence-electron chi connectivity index (χ4n) is 2.91. The summed E-state index contributed by atoms with van der Waals surface area (Å²) >= 11 is 0. The van der Waals surface area contributed by atoms with Crippen molar-refractivity contribution in [1.29, 1.82) is 0 Å². The van der Waals surface area contributed by atoms with Crippen molar-refractivity contribution in [3.63, 3.8) is 0 Å². The average molecular weight is 384 g/mol. The Morgan fingerprint density at radius 3 is 2.24 bits per heavy atom. The molecule has 0 saturated heterocycles. The summed E-state index contributed by atoms with van der Waals surface area (Å²) in [5.41, 5.74) is 1.98. The highest BCUT2D eigenvalue weighted by atomic mass is 16.5. The number of nitrogens with zero attached hydrogens (tertiary/aromatic N) is 2. The van der Waals surface area contributed by atoms with E-state index in [0.717, 1.165) is 0 Å². The second-order valence-electron chi connectivity index (χ2n) is 6.36. The molecular weight excluding hydrogens is 368 g/mol. The van der Waals surface area contributed by atoms with Crippen LogP contribution < -0.4 is 5.56 Å². The van der Waals surface area contributed by atoms with Crippen molar-refractivity contribution < 1.29 is 14.3 Å². The molecule has 0 saturated carbocycles. The Hall–Kier alpha value is -4.06. The molecule has 0 amide bonds. The first-order valence-electron chi connectivity index (χ1n) is 8.96. The Morgan fingerprint density at radius 1 is 0.828 bits per heavy atom. The monoisotopic (exact) mass is 384 g/mol. The van der Waals surface area contributed by atoms with Crippen molar-refractivity contribution >= 4 is 17.4 Å². The topological polar surface area (TPSA) is 77.7 Å². The van der Waals surface area contributed by atoms with E-state index in [9.17, 15) is 14.4 Å². The van der Waals surface area contributed by atoms with Crippen LogP contribution in [0.25, 0.3) is 5.65 Å². The van der Waals surface area contributed by atoms with E-state index < -0.39 is 5.97 Å². The van der Waals surface area contributed by atoms with Crippen molar-refractivity contribution in [3.8, 4) is 0 Å². The molecule has 0 spiro atoms. The molecule has 0 unspecified atom stereocenters. The highest BCUT2D eigenvalue weighted by Crippen LogP contribution is 2.12. The molecule has 4 rings (SSSR count). The maximum atomic E-state index is 12.4. The molecule has 2 aromatic heterocycles. The van der Waals surface area contributed by atoms with Crippen molar-refractivity contribution in [3.05, 3.63) is 118 Å². The first kappa shape index (κ1) is 18.3. The molecule has 0 aliphatic carbocycles. The number of ether oxygens (including phenoxy) is 1. The number of carbonyl (C=O) groups excluding carboxylic acids is 2. The largest absolute Gasteiger partial charge is 0.456 e. The molecular formula is C23H16N2O4. The zero-order valence-electron chi connectivity index (χ0n) is 15.3. The first-order chi connectivity index (χ1) is 14.1. The zero-order valence-corrected chi connectivity index (χ0v) is 15.3. The predicted molar refractivity (Wildman–Crippen MR) is 107 cm³/mol. The van der Waals surface area contributed by atoms with E-state index in [0.29, 0.717) is 28.0 Å². The third-order valence-electron chi connectivity index (χ3n) is 4.39. The highest BCUT2D eigenvalue weighted by molar-refractivity contribution is 6.09. The van der Waals surface area contributed by atoms with Gasteiger partial charge in [-0.2, -0.15) is 0 Å². The average Bonchev–Trinajstić information content (AvgIpc) is 2.78. The van der Waals surface area contributed by atoms with Gasteiger partial charge in [0.1, 0.15) is 12.3 Å². The van der Waals surface area contributed by atoms with Crippen LogP contribution in [-0.2, 0) is 11.3 Å². The second-order valence-corrected chi connectivity index (χ2v) is 6.36. The molecule has 0 radical (unpaired) electrons. The maximum absolute atomic E-state index is 12.4. The highest BCUT2D eigenvalue weighted by Gasteiger charge is 2.12. The minimum atomic E-state index is -0.557. The number of benzene rings is 2. The van der Waals surface area contributed by atoms with E-state index in [4.69, 9.17) is 4.74 Å². The Labute approximate surface area is 166 Å². The van der Waals surface area contributed by atoms with Crippen LogP contribution >= 0.6 is 0 Å². The molecule has 0 aliphatic rings. The van der Waals surface area contributed by atoms with Crippen LogP contribution in [0.4, 0.5) is 0 Å². The van der Waals surface area contributed by atoms with Gasteiger partial charge in [-0.05, 0) is 24.3 Å². The van der Waals surface area contributed by atoms with Gasteiger partial charge in [-0.15, -0.1) is 0 Å². The molecule has 0 aliphatic heterocycles. The summed E-state index contributed by atoms with van der Waals surface area (Å²) in [6.45, 7) is -0.121. The van der Waals surface area contributed by atoms with Crippen molar-refractivity contribution in [2.24, 2.45) is 0 Å². The van der Waals surface area contributed by atoms with E-state index in [-0.39, 0.29) is 17.9 Å². The van der Waals surface area contributed by atoms with Gasteiger partial charge >= 0.3 is 5.97 Å². The third kappa shape index (κ3) is 3.96. The molecule has 6 heteroatoms. The second kappa shape index (κ2) is 7.90. The molecule has 0 atom stereocenters. The molecule has 0 fully saturated rings. The minimum Gasteiger partial charge on any atom is -0.456 e. The molecule has 4 aromatic rings. The Morgan fingerprint density at radius 2 is 1.48 bits per heavy atom. The molecule has 0 bridgehead atoms. The summed E-state index contributed by atoms with van der Waals surface area (Å²) in [7, 11) is 0. The number of fused-ring (bicyclic) bond motifs is 1. The number of rotatable bonds is 5. The smallest absolute Gasteiger partial charge is 0.338 e. The molecule has 6 nitrogen and oxygen atoms in total. The van der Waals surface area contributed by atoms with Gasteiger partial charge < -0.3 is 4.74 Å². The fraction of sp³-hybridized carbons (Fsp3) is 0.0435. The van der Waals surface area contributed by atoms with Gasteiger partial charge in [0.15, 0.2) is 5.78 Å². The molecule has 2 aromatic carbocycles. The van der Waals surface area contributed by atoms with Gasteiger partial charge in [0.05, 0.1) is 11.3 Å². The molecule has 2 heterocycles. The number of ketones is 1. The van der Waals surface area contributed by atoms with Crippen LogP contribution in [0.15, 0.2) is 89.9 Å². The van der Waals surface area contributed by atoms with E-state index >= 15 is 0 Å². The summed E-state index contributed by atoms with van der Waals surface area (Å²) in [4.78, 5) is 41.1. The molecule has 29 heavy (non-hydrogen) atoms. The van der Waals surface area contributed by atoms with Crippen LogP contribution in [-0.4, -0.2) is 21.1 Å². The summed E-state index contributed by atoms with van der Waals surface area (Å²) in [6, 6.07) is 21.7. The van der Waals surface area contributed by atoms with Gasteiger partial charge in [-0.1, -0.05) is 48.5 Å². The van der Waals surface area contributed by atoms with Crippen LogP contribution in [0.1, 0.15) is 32.0 Å². The van der Waals surface area contributed by atoms with Crippen LogP contribution in [0.2, 0.25) is 0 Å². The van der Waals surface area contributed by atoms with E-state index in [2.05, 4.69) is 4.98 Å². The Bertz CT molecular complexity index is 1250. The number of pyridine rings is 1. The van der Waals surface area contributed by atoms with Crippen LogP contribution in [0.3, 0.4) is 0 Å². The lowest BCUT2D eigenvalue weighted by Crippen LogP contribution is -2.16. The maximum Gasteiger partial charge on any atom is 0.338 e. The number of aromatic nitrogens is 2. The van der Waals surface area contributed by atoms with Crippen LogP contribution in [0.5, 0.6) is 0 Å². The lowest BCUT2D eigenvalue weighted by Gasteiger charge is -2.07. The van der Waals surface area contributed by atoms with Gasteiger partial charge in [-0.3, -0.25) is 14.0 Å². The fourth-order valence-corrected chi connectivity index (χ4v) is 2.91. The number of hydrogen-bond acceptors (Lipinski definition) is 5. The van der Waals surface area contributed by atoms with Crippen LogP contribution in [0, 0.1) is 0 Å². The summed E-state index contributed by atoms with van der Waals surface area (Å²) in [5, 5.41) is 0. The van der Waals surface area contributed by atoms with E-state index in [1.54, 1.807) is 72.9 Å². The van der Waals surface area contributed by atoms with Gasteiger partial charge in [0, 0.05) is 23.4 Å². The summed E-state index contributed by atoms with van der Waals surface area (Å²) < 4.78 is 6.68. The summed E-state index contributed by atoms with van der Waals surface area (Å²) in [5.74, 6) is -0.676. The van der Waals surface area contributed by atoms with Crippen molar-refractivity contribution in [2.45, 2.75) is 6.61 Å². The normalized spacial score (nSPS) is 10.6. The molecule has 142 valence electrons. The SMILES string of the molecule is O=C(OCc1cc(=O)n2ccccc2n1)c1ccc(C(=O)c2ccccc2)cc1. The standard InChI is InChI=1S/C23H16N2O4/c26-21-14-19(24-20-8-4-5-13-25(20)21)15-29-23(28)18-11-9-17(10-12-18)22(27)16-6-2-1-3-7-16/h1-14H,15H2. The van der Waals surface area contributed by atoms with Gasteiger partial charge in [-0.25, -0.2) is 9.78 Å².